The molecule has 1 aromatic rings. The van der Waals surface area contributed by atoms with E-state index >= 15 is 0 Å². The molecule has 0 aromatic heterocycles. The zero-order valence-corrected chi connectivity index (χ0v) is 13.0. The highest BCUT2D eigenvalue weighted by Gasteiger charge is 2.22. The van der Waals surface area contributed by atoms with Gasteiger partial charge in [0.05, 0.1) is 6.54 Å². The quantitative estimate of drug-likeness (QED) is 0.828. The summed E-state index contributed by atoms with van der Waals surface area (Å²) in [6.45, 7) is 5.37. The van der Waals surface area contributed by atoms with Gasteiger partial charge >= 0.3 is 0 Å². The molecule has 5 nitrogen and oxygen atoms in total. The third-order valence-corrected chi connectivity index (χ3v) is 3.87. The standard InChI is InChI=1S/C16H23N3O2/c1-13-4-6-14(7-5-13)16(21)18(3)12-15(20)19-10-8-17(2)9-11-19/h4-7H,8-12H2,1-3H3. The SMILES string of the molecule is Cc1ccc(C(=O)N(C)CC(=O)N2CCN(C)CC2)cc1. The first kappa shape index (κ1) is 15.5. The van der Waals surface area contributed by atoms with Gasteiger partial charge in [-0.1, -0.05) is 17.7 Å². The third-order valence-electron chi connectivity index (χ3n) is 3.87. The summed E-state index contributed by atoms with van der Waals surface area (Å²) in [7, 11) is 3.73. The van der Waals surface area contributed by atoms with Crippen molar-refractivity contribution in [2.24, 2.45) is 0 Å². The second-order valence-electron chi connectivity index (χ2n) is 5.71. The largest absolute Gasteiger partial charge is 0.339 e. The minimum atomic E-state index is -0.113. The average molecular weight is 289 g/mol. The Morgan fingerprint density at radius 2 is 1.67 bits per heavy atom. The first-order valence-electron chi connectivity index (χ1n) is 7.26. The van der Waals surface area contributed by atoms with E-state index in [0.29, 0.717) is 5.56 Å². The van der Waals surface area contributed by atoms with Crippen molar-refractivity contribution < 1.29 is 9.59 Å². The van der Waals surface area contributed by atoms with Crippen LogP contribution in [0.1, 0.15) is 15.9 Å². The zero-order chi connectivity index (χ0) is 15.4. The molecule has 0 N–H and O–H groups in total. The monoisotopic (exact) mass is 289 g/mol. The van der Waals surface area contributed by atoms with Crippen molar-refractivity contribution in [1.82, 2.24) is 14.7 Å². The molecule has 0 unspecified atom stereocenters. The summed E-state index contributed by atoms with van der Waals surface area (Å²) in [6, 6.07) is 7.41. The van der Waals surface area contributed by atoms with Crippen LogP contribution in [-0.4, -0.2) is 73.3 Å². The van der Waals surface area contributed by atoms with E-state index in [9.17, 15) is 9.59 Å². The normalized spacial score (nSPS) is 15.9. The van der Waals surface area contributed by atoms with Crippen LogP contribution in [0.3, 0.4) is 0 Å². The molecule has 0 aliphatic carbocycles. The predicted molar refractivity (Wildman–Crippen MR) is 82.2 cm³/mol. The van der Waals surface area contributed by atoms with Gasteiger partial charge in [0.2, 0.25) is 5.91 Å². The number of likely N-dealkylation sites (N-methyl/N-ethyl adjacent to an activating group) is 2. The lowest BCUT2D eigenvalue weighted by Gasteiger charge is -2.33. The molecule has 0 atom stereocenters. The first-order valence-corrected chi connectivity index (χ1v) is 7.26. The van der Waals surface area contributed by atoms with Crippen LogP contribution in [0.2, 0.25) is 0 Å². The third kappa shape index (κ3) is 4.04. The lowest BCUT2D eigenvalue weighted by Crippen LogP contribution is -2.50. The smallest absolute Gasteiger partial charge is 0.254 e. The molecule has 0 spiro atoms. The Labute approximate surface area is 126 Å². The maximum absolute atomic E-state index is 12.3. The van der Waals surface area contributed by atoms with Crippen LogP contribution < -0.4 is 0 Å². The van der Waals surface area contributed by atoms with Crippen LogP contribution in [0.15, 0.2) is 24.3 Å². The Bertz CT molecular complexity index is 505. The van der Waals surface area contributed by atoms with Crippen LogP contribution in [0.5, 0.6) is 0 Å². The summed E-state index contributed by atoms with van der Waals surface area (Å²) in [5, 5.41) is 0. The Morgan fingerprint density at radius 3 is 2.24 bits per heavy atom. The molecule has 1 saturated heterocycles. The van der Waals surface area contributed by atoms with Gasteiger partial charge in [-0.2, -0.15) is 0 Å². The fourth-order valence-corrected chi connectivity index (χ4v) is 2.35. The van der Waals surface area contributed by atoms with Crippen LogP contribution in [0.25, 0.3) is 0 Å². The fourth-order valence-electron chi connectivity index (χ4n) is 2.35. The van der Waals surface area contributed by atoms with E-state index in [2.05, 4.69) is 11.9 Å². The number of hydrogen-bond acceptors (Lipinski definition) is 3. The molecule has 21 heavy (non-hydrogen) atoms. The summed E-state index contributed by atoms with van der Waals surface area (Å²) in [6.07, 6.45) is 0. The van der Waals surface area contributed by atoms with E-state index in [0.717, 1.165) is 31.7 Å². The molecule has 1 aromatic carbocycles. The molecule has 5 heteroatoms. The number of carbonyl (C=O) groups excluding carboxylic acids is 2. The highest BCUT2D eigenvalue weighted by molar-refractivity contribution is 5.96. The van der Waals surface area contributed by atoms with Crippen molar-refractivity contribution in [2.75, 3.05) is 46.8 Å². The molecule has 0 saturated carbocycles. The number of benzene rings is 1. The van der Waals surface area contributed by atoms with Gasteiger partial charge in [-0.3, -0.25) is 9.59 Å². The number of hydrogen-bond donors (Lipinski definition) is 0. The lowest BCUT2D eigenvalue weighted by molar-refractivity contribution is -0.133. The molecule has 1 aliphatic rings. The number of rotatable bonds is 3. The van der Waals surface area contributed by atoms with Gasteiger partial charge in [0.15, 0.2) is 0 Å². The van der Waals surface area contributed by atoms with Crippen molar-refractivity contribution in [3.05, 3.63) is 35.4 Å². The van der Waals surface area contributed by atoms with E-state index in [1.165, 1.54) is 4.90 Å². The number of carbonyl (C=O) groups is 2. The lowest BCUT2D eigenvalue weighted by atomic mass is 10.1. The number of amides is 2. The van der Waals surface area contributed by atoms with Crippen molar-refractivity contribution >= 4 is 11.8 Å². The second-order valence-corrected chi connectivity index (χ2v) is 5.71. The number of aryl methyl sites for hydroxylation is 1. The van der Waals surface area contributed by atoms with Gasteiger partial charge in [-0.15, -0.1) is 0 Å². The maximum Gasteiger partial charge on any atom is 0.254 e. The number of nitrogens with zero attached hydrogens (tertiary/aromatic N) is 3. The molecule has 0 radical (unpaired) electrons. The molecule has 2 amide bonds. The summed E-state index contributed by atoms with van der Waals surface area (Å²) < 4.78 is 0. The van der Waals surface area contributed by atoms with Crippen LogP contribution in [0, 0.1) is 6.92 Å². The van der Waals surface area contributed by atoms with Gasteiger partial charge in [0.25, 0.3) is 5.91 Å². The first-order chi connectivity index (χ1) is 9.97. The van der Waals surface area contributed by atoms with Gasteiger partial charge in [-0.05, 0) is 26.1 Å². The zero-order valence-electron chi connectivity index (χ0n) is 13.0. The van der Waals surface area contributed by atoms with Crippen LogP contribution >= 0.6 is 0 Å². The molecule has 0 bridgehead atoms. The Balaban J connectivity index is 1.91. The average Bonchev–Trinajstić information content (AvgIpc) is 2.47. The molecular formula is C16H23N3O2. The van der Waals surface area contributed by atoms with Crippen LogP contribution in [-0.2, 0) is 4.79 Å². The van der Waals surface area contributed by atoms with E-state index < -0.39 is 0 Å². The Hall–Kier alpha value is -1.88. The highest BCUT2D eigenvalue weighted by atomic mass is 16.2. The minimum Gasteiger partial charge on any atom is -0.339 e. The summed E-state index contributed by atoms with van der Waals surface area (Å²) in [4.78, 5) is 30.0. The second kappa shape index (κ2) is 6.72. The van der Waals surface area contributed by atoms with Crippen LogP contribution in [0.4, 0.5) is 0 Å². The summed E-state index contributed by atoms with van der Waals surface area (Å²) >= 11 is 0. The van der Waals surface area contributed by atoms with E-state index in [-0.39, 0.29) is 18.4 Å². The highest BCUT2D eigenvalue weighted by Crippen LogP contribution is 2.07. The van der Waals surface area contributed by atoms with E-state index in [4.69, 9.17) is 0 Å². The van der Waals surface area contributed by atoms with Crippen molar-refractivity contribution in [3.63, 3.8) is 0 Å². The molecule has 1 fully saturated rings. The van der Waals surface area contributed by atoms with Gasteiger partial charge in [0, 0.05) is 38.8 Å². The maximum atomic E-state index is 12.3. The molecule has 114 valence electrons. The number of piperazine rings is 1. The Morgan fingerprint density at radius 1 is 1.10 bits per heavy atom. The van der Waals surface area contributed by atoms with Gasteiger partial charge in [-0.25, -0.2) is 0 Å². The summed E-state index contributed by atoms with van der Waals surface area (Å²) in [5.74, 6) is -0.0939. The summed E-state index contributed by atoms with van der Waals surface area (Å²) in [5.41, 5.74) is 1.73. The van der Waals surface area contributed by atoms with Crippen molar-refractivity contribution in [3.8, 4) is 0 Å². The molecule has 2 rings (SSSR count). The molecule has 1 heterocycles. The van der Waals surface area contributed by atoms with Gasteiger partial charge < -0.3 is 14.7 Å². The molecular weight excluding hydrogens is 266 g/mol. The van der Waals surface area contributed by atoms with E-state index in [1.54, 1.807) is 19.2 Å². The Kier molecular flexibility index (Phi) is 4.96. The minimum absolute atomic E-state index is 0.0195. The van der Waals surface area contributed by atoms with E-state index in [1.807, 2.05) is 24.0 Å². The van der Waals surface area contributed by atoms with Crippen molar-refractivity contribution in [2.45, 2.75) is 6.92 Å². The van der Waals surface area contributed by atoms with Gasteiger partial charge in [0.1, 0.15) is 0 Å². The predicted octanol–water partition coefficient (Wildman–Crippen LogP) is 0.841. The topological polar surface area (TPSA) is 43.9 Å². The molecule has 1 aliphatic heterocycles. The fraction of sp³-hybridized carbons (Fsp3) is 0.500. The van der Waals surface area contributed by atoms with Crippen molar-refractivity contribution in [1.29, 1.82) is 0 Å².